The quantitative estimate of drug-likeness (QED) is 0.793. The van der Waals surface area contributed by atoms with Crippen LogP contribution in [0.15, 0.2) is 30.3 Å². The fraction of sp³-hybridized carbons (Fsp3) is 0.474. The van der Waals surface area contributed by atoms with Crippen LogP contribution < -0.4 is 0 Å². The van der Waals surface area contributed by atoms with E-state index in [1.165, 1.54) is 0 Å². The molecule has 0 saturated carbocycles. The van der Waals surface area contributed by atoms with Gasteiger partial charge in [0.25, 0.3) is 5.91 Å². The van der Waals surface area contributed by atoms with Gasteiger partial charge < -0.3 is 9.80 Å². The second kappa shape index (κ2) is 9.95. The van der Waals surface area contributed by atoms with Crippen LogP contribution in [0, 0.1) is 13.8 Å². The molecule has 1 aliphatic rings. The van der Waals surface area contributed by atoms with Crippen LogP contribution >= 0.6 is 24.8 Å². The molecule has 1 aromatic heterocycles. The molecule has 2 heterocycles. The predicted octanol–water partition coefficient (Wildman–Crippen LogP) is 3.17. The van der Waals surface area contributed by atoms with Gasteiger partial charge in [-0.05, 0) is 44.2 Å². The standard InChI is InChI=1S/C19H26N4O.2ClH/c1-4-21-9-11-22(12-10-21)19(24)18-7-5-17(6-8-18)14-23-16(3)13-15(2)20-23;;/h5-8,13H,4,9-12,14H2,1-3H3;2*1H. The number of likely N-dealkylation sites (N-methyl/N-ethyl adjacent to an activating group) is 1. The maximum Gasteiger partial charge on any atom is 0.253 e. The van der Waals surface area contributed by atoms with Crippen molar-refractivity contribution < 1.29 is 4.79 Å². The molecule has 0 N–H and O–H groups in total. The highest BCUT2D eigenvalue weighted by molar-refractivity contribution is 5.94. The van der Waals surface area contributed by atoms with E-state index in [9.17, 15) is 4.79 Å². The molecule has 1 aromatic carbocycles. The zero-order valence-electron chi connectivity index (χ0n) is 15.6. The molecule has 0 spiro atoms. The minimum Gasteiger partial charge on any atom is -0.336 e. The Hall–Kier alpha value is -1.56. The summed E-state index contributed by atoms with van der Waals surface area (Å²) in [5, 5.41) is 4.49. The van der Waals surface area contributed by atoms with Gasteiger partial charge in [-0.25, -0.2) is 0 Å². The van der Waals surface area contributed by atoms with Crippen molar-refractivity contribution in [1.82, 2.24) is 19.6 Å². The van der Waals surface area contributed by atoms with E-state index in [0.29, 0.717) is 0 Å². The summed E-state index contributed by atoms with van der Waals surface area (Å²) in [7, 11) is 0. The Morgan fingerprint density at radius 3 is 2.15 bits per heavy atom. The highest BCUT2D eigenvalue weighted by Gasteiger charge is 2.21. The fourth-order valence-electron chi connectivity index (χ4n) is 3.21. The predicted molar refractivity (Wildman–Crippen MR) is 110 cm³/mol. The molecule has 1 fully saturated rings. The average molecular weight is 399 g/mol. The maximum atomic E-state index is 12.6. The van der Waals surface area contributed by atoms with Gasteiger partial charge in [0.05, 0.1) is 12.2 Å². The number of amides is 1. The smallest absolute Gasteiger partial charge is 0.253 e. The van der Waals surface area contributed by atoms with Gasteiger partial charge in [-0.1, -0.05) is 19.1 Å². The molecular weight excluding hydrogens is 371 g/mol. The first-order valence-corrected chi connectivity index (χ1v) is 8.68. The molecule has 144 valence electrons. The first kappa shape index (κ1) is 22.5. The molecule has 0 unspecified atom stereocenters. The summed E-state index contributed by atoms with van der Waals surface area (Å²) in [5.74, 6) is 0.142. The zero-order chi connectivity index (χ0) is 17.1. The third kappa shape index (κ3) is 5.22. The van der Waals surface area contributed by atoms with Crippen LogP contribution in [0.25, 0.3) is 0 Å². The van der Waals surface area contributed by atoms with E-state index in [4.69, 9.17) is 0 Å². The number of aromatic nitrogens is 2. The maximum absolute atomic E-state index is 12.6. The van der Waals surface area contributed by atoms with Crippen molar-refractivity contribution in [3.05, 3.63) is 52.8 Å². The van der Waals surface area contributed by atoms with Crippen molar-refractivity contribution in [3.8, 4) is 0 Å². The summed E-state index contributed by atoms with van der Waals surface area (Å²) in [4.78, 5) is 16.9. The number of carbonyl (C=O) groups is 1. The van der Waals surface area contributed by atoms with Crippen molar-refractivity contribution in [3.63, 3.8) is 0 Å². The third-order valence-corrected chi connectivity index (χ3v) is 4.74. The number of piperazine rings is 1. The van der Waals surface area contributed by atoms with Crippen molar-refractivity contribution in [2.45, 2.75) is 27.3 Å². The lowest BCUT2D eigenvalue weighted by atomic mass is 10.1. The highest BCUT2D eigenvalue weighted by atomic mass is 35.5. The number of aryl methyl sites for hydroxylation is 2. The Bertz CT molecular complexity index is 707. The molecule has 1 saturated heterocycles. The molecule has 2 aromatic rings. The summed E-state index contributed by atoms with van der Waals surface area (Å²) < 4.78 is 2.00. The minimum atomic E-state index is 0. The monoisotopic (exact) mass is 398 g/mol. The largest absolute Gasteiger partial charge is 0.336 e. The summed E-state index contributed by atoms with van der Waals surface area (Å²) >= 11 is 0. The molecule has 0 atom stereocenters. The van der Waals surface area contributed by atoms with Gasteiger partial charge in [0.1, 0.15) is 0 Å². The lowest BCUT2D eigenvalue weighted by molar-refractivity contribution is 0.0643. The molecule has 26 heavy (non-hydrogen) atoms. The Labute approximate surface area is 168 Å². The third-order valence-electron chi connectivity index (χ3n) is 4.74. The fourth-order valence-corrected chi connectivity index (χ4v) is 3.21. The van der Waals surface area contributed by atoms with Crippen molar-refractivity contribution in [1.29, 1.82) is 0 Å². The number of nitrogens with zero attached hydrogens (tertiary/aromatic N) is 4. The molecule has 0 aliphatic carbocycles. The van der Waals surface area contributed by atoms with Crippen LogP contribution in [0.2, 0.25) is 0 Å². The van der Waals surface area contributed by atoms with Crippen LogP contribution in [-0.2, 0) is 6.54 Å². The Morgan fingerprint density at radius 1 is 1.04 bits per heavy atom. The van der Waals surface area contributed by atoms with E-state index in [2.05, 4.69) is 29.9 Å². The van der Waals surface area contributed by atoms with Gasteiger partial charge in [-0.3, -0.25) is 9.48 Å². The lowest BCUT2D eigenvalue weighted by Crippen LogP contribution is -2.48. The van der Waals surface area contributed by atoms with Crippen LogP contribution in [0.5, 0.6) is 0 Å². The minimum absolute atomic E-state index is 0. The molecule has 5 nitrogen and oxygen atoms in total. The van der Waals surface area contributed by atoms with Crippen LogP contribution in [0.4, 0.5) is 0 Å². The second-order valence-electron chi connectivity index (χ2n) is 6.51. The summed E-state index contributed by atoms with van der Waals surface area (Å²) in [6, 6.07) is 10.0. The number of benzene rings is 1. The number of hydrogen-bond acceptors (Lipinski definition) is 3. The van der Waals surface area contributed by atoms with E-state index >= 15 is 0 Å². The Kier molecular flexibility index (Phi) is 8.60. The molecule has 0 bridgehead atoms. The zero-order valence-corrected chi connectivity index (χ0v) is 17.3. The molecule has 1 aliphatic heterocycles. The van der Waals surface area contributed by atoms with E-state index < -0.39 is 0 Å². The first-order valence-electron chi connectivity index (χ1n) is 8.68. The molecule has 7 heteroatoms. The molecule has 3 rings (SSSR count). The molecular formula is C19H28Cl2N4O. The topological polar surface area (TPSA) is 41.4 Å². The van der Waals surface area contributed by atoms with Crippen molar-refractivity contribution in [2.75, 3.05) is 32.7 Å². The van der Waals surface area contributed by atoms with Gasteiger partial charge in [0.15, 0.2) is 0 Å². The number of hydrogen-bond donors (Lipinski definition) is 0. The van der Waals surface area contributed by atoms with Gasteiger partial charge in [0, 0.05) is 37.4 Å². The summed E-state index contributed by atoms with van der Waals surface area (Å²) in [6.07, 6.45) is 0. The van der Waals surface area contributed by atoms with Crippen LogP contribution in [-0.4, -0.2) is 58.2 Å². The van der Waals surface area contributed by atoms with Gasteiger partial charge >= 0.3 is 0 Å². The number of rotatable bonds is 4. The first-order chi connectivity index (χ1) is 11.6. The van der Waals surface area contributed by atoms with E-state index in [-0.39, 0.29) is 30.7 Å². The summed E-state index contributed by atoms with van der Waals surface area (Å²) in [5.41, 5.74) is 4.12. The van der Waals surface area contributed by atoms with Crippen molar-refractivity contribution in [2.24, 2.45) is 0 Å². The molecule has 1 amide bonds. The van der Waals surface area contributed by atoms with E-state index in [1.807, 2.05) is 40.8 Å². The highest BCUT2D eigenvalue weighted by Crippen LogP contribution is 2.12. The van der Waals surface area contributed by atoms with Crippen LogP contribution in [0.1, 0.15) is 34.2 Å². The van der Waals surface area contributed by atoms with Gasteiger partial charge in [-0.2, -0.15) is 5.10 Å². The molecule has 0 radical (unpaired) electrons. The number of halogens is 2. The Morgan fingerprint density at radius 2 is 1.65 bits per heavy atom. The average Bonchev–Trinajstić information content (AvgIpc) is 2.92. The lowest BCUT2D eigenvalue weighted by Gasteiger charge is -2.34. The van der Waals surface area contributed by atoms with Gasteiger partial charge in [-0.15, -0.1) is 24.8 Å². The van der Waals surface area contributed by atoms with Crippen LogP contribution in [0.3, 0.4) is 0 Å². The second-order valence-corrected chi connectivity index (χ2v) is 6.51. The van der Waals surface area contributed by atoms with E-state index in [1.54, 1.807) is 0 Å². The normalized spacial score (nSPS) is 14.5. The summed E-state index contributed by atoms with van der Waals surface area (Å²) in [6.45, 7) is 11.6. The van der Waals surface area contributed by atoms with E-state index in [0.717, 1.165) is 61.8 Å². The van der Waals surface area contributed by atoms with Crippen molar-refractivity contribution >= 4 is 30.7 Å². The van der Waals surface area contributed by atoms with Gasteiger partial charge in [0.2, 0.25) is 0 Å². The Balaban J connectivity index is 0.00000169. The SMILES string of the molecule is CCN1CCN(C(=O)c2ccc(Cn3nc(C)cc3C)cc2)CC1.Cl.Cl. The number of carbonyl (C=O) groups excluding carboxylic acids is 1.